The highest BCUT2D eigenvalue weighted by molar-refractivity contribution is 6.29. The van der Waals surface area contributed by atoms with Crippen LogP contribution in [0.1, 0.15) is 36.4 Å². The lowest BCUT2D eigenvalue weighted by Gasteiger charge is -2.43. The van der Waals surface area contributed by atoms with Crippen LogP contribution in [0.15, 0.2) is 138 Å². The van der Waals surface area contributed by atoms with Crippen molar-refractivity contribution in [2.75, 3.05) is 5.01 Å². The molecule has 3 aromatic carbocycles. The summed E-state index contributed by atoms with van der Waals surface area (Å²) in [6.45, 7) is 5.53. The van der Waals surface area contributed by atoms with E-state index in [1.54, 1.807) is 25.2 Å². The molecule has 0 spiro atoms. The highest BCUT2D eigenvalue weighted by Crippen LogP contribution is 2.52. The van der Waals surface area contributed by atoms with Crippen LogP contribution in [0.5, 0.6) is 0 Å². The largest absolute Gasteiger partial charge is 0.277 e. The lowest BCUT2D eigenvalue weighted by Crippen LogP contribution is -2.53. The van der Waals surface area contributed by atoms with Crippen molar-refractivity contribution in [3.05, 3.63) is 149 Å². The Labute approximate surface area is 239 Å². The fraction of sp³-hybridized carbons (Fsp3) is 0.176. The minimum Gasteiger partial charge on any atom is -0.277 e. The number of amides is 2. The summed E-state index contributed by atoms with van der Waals surface area (Å²) in [6.07, 6.45) is 7.79. The Hall–Kier alpha value is -4.35. The molecular weight excluding hydrogens is 518 g/mol. The number of carbonyl (C=O) groups is 2. The zero-order valence-corrected chi connectivity index (χ0v) is 23.0. The number of hydrogen-bond donors (Lipinski definition) is 0. The number of carbonyl (C=O) groups excluding carboxylic acids is 2. The van der Waals surface area contributed by atoms with Crippen LogP contribution < -0.4 is 5.01 Å². The molecule has 4 unspecified atom stereocenters. The number of hydrazine groups is 1. The van der Waals surface area contributed by atoms with E-state index in [4.69, 9.17) is 11.6 Å². The van der Waals surface area contributed by atoms with Crippen molar-refractivity contribution in [1.82, 2.24) is 9.91 Å². The molecule has 3 aliphatic rings. The zero-order chi connectivity index (χ0) is 27.8. The predicted molar refractivity (Wildman–Crippen MR) is 159 cm³/mol. The third kappa shape index (κ3) is 4.37. The zero-order valence-electron chi connectivity index (χ0n) is 22.2. The number of anilines is 1. The monoisotopic (exact) mass is 547 g/mol. The van der Waals surface area contributed by atoms with Crippen LogP contribution in [0.25, 0.3) is 0 Å². The molecule has 0 radical (unpaired) electrons. The number of likely N-dealkylation sites (tertiary alicyclic amines) is 1. The lowest BCUT2D eigenvalue weighted by atomic mass is 9.79. The van der Waals surface area contributed by atoms with E-state index >= 15 is 0 Å². The first-order valence-corrected chi connectivity index (χ1v) is 13.9. The highest BCUT2D eigenvalue weighted by Gasteiger charge is 2.60. The van der Waals surface area contributed by atoms with E-state index in [0.29, 0.717) is 17.2 Å². The first-order chi connectivity index (χ1) is 19.5. The number of allylic oxidation sites excluding steroid dienone is 5. The summed E-state index contributed by atoms with van der Waals surface area (Å²) in [5, 5.41) is 4.76. The van der Waals surface area contributed by atoms with E-state index in [2.05, 4.69) is 46.9 Å². The second kappa shape index (κ2) is 10.7. The third-order valence-corrected chi connectivity index (χ3v) is 7.96. The lowest BCUT2D eigenvalue weighted by molar-refractivity contribution is -0.137. The maximum atomic E-state index is 14.4. The Kier molecular flexibility index (Phi) is 6.91. The van der Waals surface area contributed by atoms with Crippen LogP contribution in [0.4, 0.5) is 5.69 Å². The van der Waals surface area contributed by atoms with E-state index in [9.17, 15) is 9.59 Å². The average molecular weight is 548 g/mol. The summed E-state index contributed by atoms with van der Waals surface area (Å²) >= 11 is 6.25. The van der Waals surface area contributed by atoms with Crippen LogP contribution in [0.2, 0.25) is 0 Å². The van der Waals surface area contributed by atoms with Crippen molar-refractivity contribution in [1.29, 1.82) is 0 Å². The molecule has 0 N–H and O–H groups in total. The molecule has 6 heteroatoms. The summed E-state index contributed by atoms with van der Waals surface area (Å²) in [5.74, 6) is -1.37. The van der Waals surface area contributed by atoms with Crippen molar-refractivity contribution in [3.8, 4) is 0 Å². The van der Waals surface area contributed by atoms with Gasteiger partial charge in [0.1, 0.15) is 6.04 Å². The molecule has 0 bridgehead atoms. The summed E-state index contributed by atoms with van der Waals surface area (Å²) in [7, 11) is 0. The first-order valence-electron chi connectivity index (χ1n) is 13.5. The molecule has 0 aliphatic carbocycles. The van der Waals surface area contributed by atoms with Gasteiger partial charge in [0.15, 0.2) is 0 Å². The molecule has 3 aromatic rings. The van der Waals surface area contributed by atoms with Crippen molar-refractivity contribution < 1.29 is 9.59 Å². The topological polar surface area (TPSA) is 43.9 Å². The SMILES string of the molecule is C=CC=C(C=C(C)Cl)N1C(=O)C2C(c3ccccc3)C=C3CC(c4ccccc4)N(c4ccccc4)N3C2C1=O. The Morgan fingerprint density at radius 1 is 0.850 bits per heavy atom. The molecule has 6 rings (SSSR count). The number of rotatable bonds is 6. The molecule has 200 valence electrons. The smallest absolute Gasteiger partial charge is 0.259 e. The average Bonchev–Trinajstić information content (AvgIpc) is 3.48. The van der Waals surface area contributed by atoms with Crippen molar-refractivity contribution in [2.45, 2.75) is 31.3 Å². The van der Waals surface area contributed by atoms with E-state index in [-0.39, 0.29) is 23.8 Å². The van der Waals surface area contributed by atoms with Gasteiger partial charge in [-0.25, -0.2) is 4.90 Å². The maximum absolute atomic E-state index is 14.4. The second-order valence-corrected chi connectivity index (χ2v) is 10.9. The number of nitrogens with zero attached hydrogens (tertiary/aromatic N) is 3. The van der Waals surface area contributed by atoms with E-state index in [1.807, 2.05) is 66.7 Å². The van der Waals surface area contributed by atoms with E-state index in [0.717, 1.165) is 22.5 Å². The molecule has 3 heterocycles. The molecule has 4 atom stereocenters. The fourth-order valence-corrected chi connectivity index (χ4v) is 6.40. The van der Waals surface area contributed by atoms with Crippen molar-refractivity contribution in [2.24, 2.45) is 5.92 Å². The maximum Gasteiger partial charge on any atom is 0.259 e. The van der Waals surface area contributed by atoms with Crippen molar-refractivity contribution in [3.63, 3.8) is 0 Å². The Morgan fingerprint density at radius 2 is 1.45 bits per heavy atom. The number of benzene rings is 3. The van der Waals surface area contributed by atoms with Crippen LogP contribution in [0, 0.1) is 5.92 Å². The molecule has 40 heavy (non-hydrogen) atoms. The van der Waals surface area contributed by atoms with Gasteiger partial charge in [-0.15, -0.1) is 0 Å². The van der Waals surface area contributed by atoms with Gasteiger partial charge in [-0.05, 0) is 42.3 Å². The highest BCUT2D eigenvalue weighted by atomic mass is 35.5. The Morgan fingerprint density at radius 3 is 2.05 bits per heavy atom. The van der Waals surface area contributed by atoms with Gasteiger partial charge in [0.05, 0.1) is 23.3 Å². The third-order valence-electron chi connectivity index (χ3n) is 7.85. The number of fused-ring (bicyclic) bond motifs is 3. The molecule has 5 nitrogen and oxygen atoms in total. The molecular formula is C34H30ClN3O2. The molecule has 3 aliphatic heterocycles. The van der Waals surface area contributed by atoms with Crippen LogP contribution in [-0.2, 0) is 9.59 Å². The number of halogens is 1. The van der Waals surface area contributed by atoms with Gasteiger partial charge in [0, 0.05) is 23.1 Å². The van der Waals surface area contributed by atoms with Gasteiger partial charge < -0.3 is 0 Å². The standard InChI is InChI=1S/C34H30ClN3O2/c1-3-13-27(20-23(2)35)36-33(39)31-29(24-14-7-4-8-15-24)21-28-22-30(25-16-9-5-10-17-25)37(26-18-11-6-12-19-26)38(28)32(31)34(36)40/h3-21,29-32H,1,22H2,2H3. The van der Waals surface area contributed by atoms with E-state index in [1.165, 1.54) is 4.90 Å². The molecule has 2 fully saturated rings. The fourth-order valence-electron chi connectivity index (χ4n) is 6.28. The van der Waals surface area contributed by atoms with Gasteiger partial charge in [0.2, 0.25) is 5.91 Å². The minimum atomic E-state index is -0.719. The van der Waals surface area contributed by atoms with Gasteiger partial charge >= 0.3 is 0 Å². The Bertz CT molecular complexity index is 1530. The van der Waals surface area contributed by atoms with Crippen LogP contribution in [-0.4, -0.2) is 27.8 Å². The summed E-state index contributed by atoms with van der Waals surface area (Å²) in [5.41, 5.74) is 4.59. The quantitative estimate of drug-likeness (QED) is 0.244. The summed E-state index contributed by atoms with van der Waals surface area (Å²) in [6, 6.07) is 29.7. The van der Waals surface area contributed by atoms with Gasteiger partial charge in [-0.3, -0.25) is 19.6 Å². The van der Waals surface area contributed by atoms with Crippen LogP contribution >= 0.6 is 11.6 Å². The van der Waals surface area contributed by atoms with Gasteiger partial charge in [-0.1, -0.05) is 109 Å². The molecule has 0 aromatic heterocycles. The minimum absolute atomic E-state index is 0.0323. The van der Waals surface area contributed by atoms with E-state index < -0.39 is 12.0 Å². The predicted octanol–water partition coefficient (Wildman–Crippen LogP) is 7.10. The normalized spacial score (nSPS) is 24.6. The first kappa shape index (κ1) is 25.9. The second-order valence-electron chi connectivity index (χ2n) is 10.3. The molecule has 2 amide bonds. The molecule has 2 saturated heterocycles. The number of para-hydroxylation sites is 1. The summed E-state index contributed by atoms with van der Waals surface area (Å²) < 4.78 is 0. The van der Waals surface area contributed by atoms with Gasteiger partial charge in [-0.2, -0.15) is 0 Å². The van der Waals surface area contributed by atoms with Gasteiger partial charge in [0.25, 0.3) is 5.91 Å². The molecule has 0 saturated carbocycles. The number of hydrogen-bond acceptors (Lipinski definition) is 4. The summed E-state index contributed by atoms with van der Waals surface area (Å²) in [4.78, 5) is 30.0. The number of imide groups is 1. The van der Waals surface area contributed by atoms with Crippen LogP contribution in [0.3, 0.4) is 0 Å². The van der Waals surface area contributed by atoms with Crippen molar-refractivity contribution >= 4 is 29.1 Å². The Balaban J connectivity index is 1.55.